The lowest BCUT2D eigenvalue weighted by atomic mass is 9.89. The summed E-state index contributed by atoms with van der Waals surface area (Å²) in [5.41, 5.74) is 0.687. The summed E-state index contributed by atoms with van der Waals surface area (Å²) in [4.78, 5) is 26.8. The molecule has 0 unspecified atom stereocenters. The fourth-order valence-corrected chi connectivity index (χ4v) is 2.05. The maximum absolute atomic E-state index is 11.9. The van der Waals surface area contributed by atoms with Crippen LogP contribution in [0.1, 0.15) is 39.4 Å². The molecule has 2 N–H and O–H groups in total. The summed E-state index contributed by atoms with van der Waals surface area (Å²) in [5.74, 6) is -1.32. The van der Waals surface area contributed by atoms with Crippen molar-refractivity contribution in [1.29, 1.82) is 0 Å². The van der Waals surface area contributed by atoms with E-state index < -0.39 is 5.97 Å². The Morgan fingerprint density at radius 1 is 1.42 bits per heavy atom. The lowest BCUT2D eigenvalue weighted by molar-refractivity contribution is 0.0175. The molecule has 1 aromatic rings. The monoisotopic (exact) mass is 264 g/mol. The van der Waals surface area contributed by atoms with E-state index in [1.54, 1.807) is 14.0 Å². The fourth-order valence-electron chi connectivity index (χ4n) is 2.05. The zero-order valence-corrected chi connectivity index (χ0v) is 10.8. The SMILES string of the molecule is COC1CC(NC(=O)c2ccc(C(=O)O)c(C)n2)C1. The predicted octanol–water partition coefficient (Wildman–Crippen LogP) is 0.995. The number of aromatic nitrogens is 1. The number of rotatable bonds is 4. The van der Waals surface area contributed by atoms with E-state index in [-0.39, 0.29) is 29.3 Å². The molecule has 1 amide bonds. The Morgan fingerprint density at radius 3 is 2.63 bits per heavy atom. The van der Waals surface area contributed by atoms with Crippen molar-refractivity contribution in [1.82, 2.24) is 10.3 Å². The highest BCUT2D eigenvalue weighted by molar-refractivity contribution is 5.94. The topological polar surface area (TPSA) is 88.5 Å². The number of carbonyl (C=O) groups is 2. The molecule has 1 aliphatic rings. The summed E-state index contributed by atoms with van der Waals surface area (Å²) in [5, 5.41) is 11.7. The van der Waals surface area contributed by atoms with Crippen molar-refractivity contribution in [2.75, 3.05) is 7.11 Å². The highest BCUT2D eigenvalue weighted by Gasteiger charge is 2.30. The molecule has 102 valence electrons. The summed E-state index contributed by atoms with van der Waals surface area (Å²) < 4.78 is 5.13. The molecule has 1 aliphatic carbocycles. The van der Waals surface area contributed by atoms with E-state index in [2.05, 4.69) is 10.3 Å². The Morgan fingerprint density at radius 2 is 2.11 bits per heavy atom. The van der Waals surface area contributed by atoms with Crippen molar-refractivity contribution in [2.45, 2.75) is 31.9 Å². The van der Waals surface area contributed by atoms with Gasteiger partial charge in [-0.15, -0.1) is 0 Å². The first-order valence-electron chi connectivity index (χ1n) is 6.06. The second-order valence-electron chi connectivity index (χ2n) is 4.63. The first kappa shape index (κ1) is 13.5. The molecule has 0 aromatic carbocycles. The van der Waals surface area contributed by atoms with Crippen LogP contribution in [0.25, 0.3) is 0 Å². The van der Waals surface area contributed by atoms with E-state index in [0.29, 0.717) is 5.69 Å². The molecule has 0 atom stereocenters. The average molecular weight is 264 g/mol. The van der Waals surface area contributed by atoms with Crippen molar-refractivity contribution >= 4 is 11.9 Å². The quantitative estimate of drug-likeness (QED) is 0.846. The molecular formula is C13H16N2O4. The molecule has 1 heterocycles. The molecule has 0 radical (unpaired) electrons. The van der Waals surface area contributed by atoms with Crippen LogP contribution < -0.4 is 5.32 Å². The number of methoxy groups -OCH3 is 1. The molecule has 0 spiro atoms. The molecule has 1 saturated carbocycles. The van der Waals surface area contributed by atoms with Crippen molar-refractivity contribution in [3.8, 4) is 0 Å². The smallest absolute Gasteiger partial charge is 0.337 e. The zero-order chi connectivity index (χ0) is 14.0. The Bertz CT molecular complexity index is 509. The van der Waals surface area contributed by atoms with Gasteiger partial charge in [-0.05, 0) is 31.9 Å². The number of hydrogen-bond donors (Lipinski definition) is 2. The normalized spacial score (nSPS) is 21.6. The lowest BCUT2D eigenvalue weighted by Gasteiger charge is -2.34. The van der Waals surface area contributed by atoms with Crippen LogP contribution in [0.2, 0.25) is 0 Å². The second-order valence-corrected chi connectivity index (χ2v) is 4.63. The second kappa shape index (κ2) is 5.36. The molecule has 6 nitrogen and oxygen atoms in total. The van der Waals surface area contributed by atoms with Gasteiger partial charge in [-0.1, -0.05) is 0 Å². The first-order valence-corrected chi connectivity index (χ1v) is 6.06. The van der Waals surface area contributed by atoms with Gasteiger partial charge in [-0.3, -0.25) is 4.79 Å². The van der Waals surface area contributed by atoms with Crippen molar-refractivity contribution in [2.24, 2.45) is 0 Å². The van der Waals surface area contributed by atoms with Gasteiger partial charge >= 0.3 is 5.97 Å². The van der Waals surface area contributed by atoms with E-state index in [4.69, 9.17) is 9.84 Å². The summed E-state index contributed by atoms with van der Waals surface area (Å²) >= 11 is 0. The number of pyridine rings is 1. The predicted molar refractivity (Wildman–Crippen MR) is 67.2 cm³/mol. The number of ether oxygens (including phenoxy) is 1. The third-order valence-corrected chi connectivity index (χ3v) is 3.31. The van der Waals surface area contributed by atoms with Crippen LogP contribution in [0, 0.1) is 6.92 Å². The third kappa shape index (κ3) is 2.90. The van der Waals surface area contributed by atoms with Gasteiger partial charge < -0.3 is 15.2 Å². The van der Waals surface area contributed by atoms with E-state index >= 15 is 0 Å². The Hall–Kier alpha value is -1.95. The number of carboxylic acid groups (broad SMARTS) is 1. The van der Waals surface area contributed by atoms with Gasteiger partial charge in [0.2, 0.25) is 0 Å². The largest absolute Gasteiger partial charge is 0.478 e. The summed E-state index contributed by atoms with van der Waals surface area (Å²) in [6, 6.07) is 2.94. The maximum Gasteiger partial charge on any atom is 0.337 e. The molecule has 19 heavy (non-hydrogen) atoms. The van der Waals surface area contributed by atoms with E-state index in [9.17, 15) is 9.59 Å². The molecule has 1 fully saturated rings. The number of nitrogens with one attached hydrogen (secondary N) is 1. The minimum Gasteiger partial charge on any atom is -0.478 e. The number of nitrogens with zero attached hydrogens (tertiary/aromatic N) is 1. The van der Waals surface area contributed by atoms with Crippen LogP contribution in [0.4, 0.5) is 0 Å². The van der Waals surface area contributed by atoms with Crippen LogP contribution >= 0.6 is 0 Å². The van der Waals surface area contributed by atoms with Gasteiger partial charge in [0.25, 0.3) is 5.91 Å². The maximum atomic E-state index is 11.9. The number of carbonyl (C=O) groups excluding carboxylic acids is 1. The van der Waals surface area contributed by atoms with Gasteiger partial charge in [0.15, 0.2) is 0 Å². The molecule has 6 heteroatoms. The standard InChI is InChI=1S/C13H16N2O4/c1-7-10(13(17)18)3-4-11(14-7)12(16)15-8-5-9(6-8)19-2/h3-4,8-9H,5-6H2,1-2H3,(H,15,16)(H,17,18). The Kier molecular flexibility index (Phi) is 3.80. The van der Waals surface area contributed by atoms with Gasteiger partial charge in [0.1, 0.15) is 5.69 Å². The van der Waals surface area contributed by atoms with Crippen LogP contribution in [-0.2, 0) is 4.74 Å². The molecule has 1 aromatic heterocycles. The number of hydrogen-bond acceptors (Lipinski definition) is 4. The number of carboxylic acids is 1. The highest BCUT2D eigenvalue weighted by atomic mass is 16.5. The minimum atomic E-state index is -1.04. The summed E-state index contributed by atoms with van der Waals surface area (Å²) in [7, 11) is 1.65. The van der Waals surface area contributed by atoms with Crippen molar-refractivity contribution in [3.05, 3.63) is 29.1 Å². The summed E-state index contributed by atoms with van der Waals surface area (Å²) in [6.45, 7) is 1.57. The summed E-state index contributed by atoms with van der Waals surface area (Å²) in [6.07, 6.45) is 1.82. The lowest BCUT2D eigenvalue weighted by Crippen LogP contribution is -2.47. The fraction of sp³-hybridized carbons (Fsp3) is 0.462. The first-order chi connectivity index (χ1) is 9.01. The zero-order valence-electron chi connectivity index (χ0n) is 10.8. The van der Waals surface area contributed by atoms with E-state index in [0.717, 1.165) is 12.8 Å². The molecule has 0 saturated heterocycles. The molecule has 2 rings (SSSR count). The molecule has 0 aliphatic heterocycles. The Labute approximate surface area is 110 Å². The molecular weight excluding hydrogens is 248 g/mol. The van der Waals surface area contributed by atoms with Gasteiger partial charge in [-0.2, -0.15) is 0 Å². The molecule has 0 bridgehead atoms. The number of aryl methyl sites for hydroxylation is 1. The third-order valence-electron chi connectivity index (χ3n) is 3.31. The van der Waals surface area contributed by atoms with Gasteiger partial charge in [0, 0.05) is 13.2 Å². The van der Waals surface area contributed by atoms with Crippen LogP contribution in [0.5, 0.6) is 0 Å². The van der Waals surface area contributed by atoms with Crippen LogP contribution in [0.15, 0.2) is 12.1 Å². The van der Waals surface area contributed by atoms with Gasteiger partial charge in [0.05, 0.1) is 17.4 Å². The number of aromatic carboxylic acids is 1. The van der Waals surface area contributed by atoms with Crippen molar-refractivity contribution < 1.29 is 19.4 Å². The van der Waals surface area contributed by atoms with Crippen LogP contribution in [0.3, 0.4) is 0 Å². The van der Waals surface area contributed by atoms with E-state index in [1.165, 1.54) is 12.1 Å². The van der Waals surface area contributed by atoms with Crippen LogP contribution in [-0.4, -0.2) is 41.2 Å². The number of amides is 1. The average Bonchev–Trinajstić information content (AvgIpc) is 2.32. The minimum absolute atomic E-state index is 0.110. The van der Waals surface area contributed by atoms with E-state index in [1.807, 2.05) is 0 Å². The highest BCUT2D eigenvalue weighted by Crippen LogP contribution is 2.22. The van der Waals surface area contributed by atoms with Crippen molar-refractivity contribution in [3.63, 3.8) is 0 Å². The van der Waals surface area contributed by atoms with Gasteiger partial charge in [-0.25, -0.2) is 9.78 Å². The Balaban J connectivity index is 2.00.